The van der Waals surface area contributed by atoms with Crippen molar-refractivity contribution in [2.75, 3.05) is 26.3 Å². The first-order chi connectivity index (χ1) is 13.5. The number of hydrogen-bond donors (Lipinski definition) is 1. The second-order valence-electron chi connectivity index (χ2n) is 8.01. The van der Waals surface area contributed by atoms with E-state index in [0.717, 1.165) is 57.7 Å². The van der Waals surface area contributed by atoms with Gasteiger partial charge in [-0.05, 0) is 43.4 Å². The zero-order chi connectivity index (χ0) is 19.9. The highest BCUT2D eigenvalue weighted by Crippen LogP contribution is 2.23. The molecule has 1 aromatic carbocycles. The Labute approximate surface area is 167 Å². The molecule has 1 aromatic rings. The van der Waals surface area contributed by atoms with Gasteiger partial charge in [0.15, 0.2) is 6.10 Å². The number of nitrogens with zero attached hydrogens (tertiary/aromatic N) is 1. The number of carbonyl (C=O) groups is 2. The molecule has 1 amide bonds. The van der Waals surface area contributed by atoms with E-state index in [-0.39, 0.29) is 11.9 Å². The van der Waals surface area contributed by atoms with E-state index < -0.39 is 12.1 Å². The zero-order valence-corrected chi connectivity index (χ0v) is 17.0. The topological polar surface area (TPSA) is 67.9 Å². The maximum absolute atomic E-state index is 12.4. The van der Waals surface area contributed by atoms with E-state index in [1.54, 1.807) is 19.1 Å². The van der Waals surface area contributed by atoms with Crippen LogP contribution in [0.25, 0.3) is 0 Å². The summed E-state index contributed by atoms with van der Waals surface area (Å²) in [5.74, 6) is -0.201. The van der Waals surface area contributed by atoms with Gasteiger partial charge in [-0.15, -0.1) is 0 Å². The maximum atomic E-state index is 12.4. The predicted octanol–water partition coefficient (Wildman–Crippen LogP) is 2.76. The molecule has 1 saturated carbocycles. The number of ether oxygens (including phenoxy) is 2. The van der Waals surface area contributed by atoms with E-state index in [1.165, 1.54) is 6.42 Å². The lowest BCUT2D eigenvalue weighted by Crippen LogP contribution is -2.45. The molecular weight excluding hydrogens is 356 g/mol. The van der Waals surface area contributed by atoms with Crippen LogP contribution in [0, 0.1) is 5.92 Å². The van der Waals surface area contributed by atoms with Crippen molar-refractivity contribution in [3.8, 4) is 0 Å². The first kappa shape index (κ1) is 20.8. The normalized spacial score (nSPS) is 24.4. The second kappa shape index (κ2) is 10.0. The standard InChI is InChI=1S/C22H32N2O4/c1-16-5-3-4-6-20(16)23-21(25)17(2)28-22(26)19-9-7-18(8-10-19)15-24-11-13-27-14-12-24/h7-10,16-17,20H,3-6,11-15H2,1-2H3,(H,23,25)/t16-,17+,20-/m0/s1. The molecule has 154 valence electrons. The van der Waals surface area contributed by atoms with Gasteiger partial charge in [-0.25, -0.2) is 4.79 Å². The molecule has 1 aliphatic carbocycles. The third-order valence-corrected chi connectivity index (χ3v) is 5.79. The van der Waals surface area contributed by atoms with E-state index in [4.69, 9.17) is 9.47 Å². The van der Waals surface area contributed by atoms with Gasteiger partial charge < -0.3 is 14.8 Å². The molecule has 3 atom stereocenters. The quantitative estimate of drug-likeness (QED) is 0.759. The number of nitrogens with one attached hydrogen (secondary N) is 1. The van der Waals surface area contributed by atoms with Crippen LogP contribution in [0.4, 0.5) is 0 Å². The van der Waals surface area contributed by atoms with Crippen LogP contribution in [0.1, 0.15) is 55.5 Å². The number of carbonyl (C=O) groups excluding carboxylic acids is 2. The van der Waals surface area contributed by atoms with Crippen molar-refractivity contribution in [2.45, 2.75) is 58.2 Å². The second-order valence-corrected chi connectivity index (χ2v) is 8.01. The lowest BCUT2D eigenvalue weighted by molar-refractivity contribution is -0.130. The first-order valence-electron chi connectivity index (χ1n) is 10.4. The lowest BCUT2D eigenvalue weighted by atomic mass is 9.86. The van der Waals surface area contributed by atoms with Crippen LogP contribution in [0.15, 0.2) is 24.3 Å². The highest BCUT2D eigenvalue weighted by Gasteiger charge is 2.26. The smallest absolute Gasteiger partial charge is 0.338 e. The Bertz CT molecular complexity index is 655. The SMILES string of the molecule is C[C@@H](OC(=O)c1ccc(CN2CCOCC2)cc1)C(=O)N[C@H]1CCCC[C@@H]1C. The third-order valence-electron chi connectivity index (χ3n) is 5.79. The van der Waals surface area contributed by atoms with Crippen molar-refractivity contribution < 1.29 is 19.1 Å². The first-order valence-corrected chi connectivity index (χ1v) is 10.4. The molecule has 6 nitrogen and oxygen atoms in total. The van der Waals surface area contributed by atoms with Crippen LogP contribution in [-0.4, -0.2) is 55.2 Å². The largest absolute Gasteiger partial charge is 0.449 e. The van der Waals surface area contributed by atoms with E-state index in [2.05, 4.69) is 17.1 Å². The number of benzene rings is 1. The Balaban J connectivity index is 1.48. The van der Waals surface area contributed by atoms with Crippen molar-refractivity contribution >= 4 is 11.9 Å². The Kier molecular flexibility index (Phi) is 7.45. The monoisotopic (exact) mass is 388 g/mol. The van der Waals surface area contributed by atoms with Gasteiger partial charge in [0.1, 0.15) is 0 Å². The van der Waals surface area contributed by atoms with E-state index >= 15 is 0 Å². The van der Waals surface area contributed by atoms with Gasteiger partial charge in [0, 0.05) is 25.7 Å². The molecule has 0 bridgehead atoms. The highest BCUT2D eigenvalue weighted by molar-refractivity contribution is 5.92. The molecule has 0 radical (unpaired) electrons. The predicted molar refractivity (Wildman–Crippen MR) is 107 cm³/mol. The number of hydrogen-bond acceptors (Lipinski definition) is 5. The summed E-state index contributed by atoms with van der Waals surface area (Å²) >= 11 is 0. The fraction of sp³-hybridized carbons (Fsp3) is 0.636. The fourth-order valence-corrected chi connectivity index (χ4v) is 3.88. The van der Waals surface area contributed by atoms with Crippen LogP contribution in [-0.2, 0) is 20.8 Å². The molecule has 3 rings (SSSR count). The molecule has 6 heteroatoms. The van der Waals surface area contributed by atoms with Crippen molar-refractivity contribution in [3.63, 3.8) is 0 Å². The average Bonchev–Trinajstić information content (AvgIpc) is 2.71. The highest BCUT2D eigenvalue weighted by atomic mass is 16.5. The van der Waals surface area contributed by atoms with Crippen LogP contribution in [0.5, 0.6) is 0 Å². The minimum absolute atomic E-state index is 0.182. The van der Waals surface area contributed by atoms with Crippen LogP contribution in [0.2, 0.25) is 0 Å². The van der Waals surface area contributed by atoms with E-state index in [0.29, 0.717) is 11.5 Å². The van der Waals surface area contributed by atoms with Gasteiger partial charge in [-0.3, -0.25) is 9.69 Å². The molecule has 2 fully saturated rings. The minimum Gasteiger partial charge on any atom is -0.449 e. The van der Waals surface area contributed by atoms with Crippen molar-refractivity contribution in [2.24, 2.45) is 5.92 Å². The van der Waals surface area contributed by atoms with Gasteiger partial charge in [-0.2, -0.15) is 0 Å². The van der Waals surface area contributed by atoms with Gasteiger partial charge in [0.25, 0.3) is 5.91 Å². The molecule has 0 aromatic heterocycles. The van der Waals surface area contributed by atoms with Crippen LogP contribution in [0.3, 0.4) is 0 Å². The summed E-state index contributed by atoms with van der Waals surface area (Å²) in [6, 6.07) is 7.61. The summed E-state index contributed by atoms with van der Waals surface area (Å²) in [7, 11) is 0. The molecule has 0 unspecified atom stereocenters. The minimum atomic E-state index is -0.797. The lowest BCUT2D eigenvalue weighted by Gasteiger charge is -2.30. The summed E-state index contributed by atoms with van der Waals surface area (Å²) in [5.41, 5.74) is 1.62. The van der Waals surface area contributed by atoms with Gasteiger partial charge in [0.05, 0.1) is 18.8 Å². The number of rotatable bonds is 6. The Morgan fingerprint density at radius 3 is 2.54 bits per heavy atom. The zero-order valence-electron chi connectivity index (χ0n) is 17.0. The third kappa shape index (κ3) is 5.79. The van der Waals surface area contributed by atoms with Gasteiger partial charge >= 0.3 is 5.97 Å². The van der Waals surface area contributed by atoms with E-state index in [9.17, 15) is 9.59 Å². The molecule has 28 heavy (non-hydrogen) atoms. The summed E-state index contributed by atoms with van der Waals surface area (Å²) < 4.78 is 10.7. The van der Waals surface area contributed by atoms with Crippen LogP contribution < -0.4 is 5.32 Å². The number of esters is 1. The average molecular weight is 389 g/mol. The number of morpholine rings is 1. The summed E-state index contributed by atoms with van der Waals surface area (Å²) in [4.78, 5) is 27.1. The Morgan fingerprint density at radius 1 is 1.18 bits per heavy atom. The molecule has 1 N–H and O–H groups in total. The van der Waals surface area contributed by atoms with Crippen molar-refractivity contribution in [3.05, 3.63) is 35.4 Å². The molecule has 0 spiro atoms. The molecule has 1 heterocycles. The summed E-state index contributed by atoms with van der Waals surface area (Å²) in [5, 5.41) is 3.05. The summed E-state index contributed by atoms with van der Waals surface area (Å²) in [6.07, 6.45) is 3.70. The molecular formula is C22H32N2O4. The van der Waals surface area contributed by atoms with Crippen LogP contribution >= 0.6 is 0 Å². The molecule has 1 aliphatic heterocycles. The molecule has 2 aliphatic rings. The Morgan fingerprint density at radius 2 is 1.86 bits per heavy atom. The number of amides is 1. The van der Waals surface area contributed by atoms with Crippen molar-refractivity contribution in [1.29, 1.82) is 0 Å². The van der Waals surface area contributed by atoms with Crippen molar-refractivity contribution in [1.82, 2.24) is 10.2 Å². The summed E-state index contributed by atoms with van der Waals surface area (Å²) in [6.45, 7) is 8.03. The maximum Gasteiger partial charge on any atom is 0.338 e. The van der Waals surface area contributed by atoms with Gasteiger partial charge in [0.2, 0.25) is 0 Å². The Hall–Kier alpha value is -1.92. The fourth-order valence-electron chi connectivity index (χ4n) is 3.88. The van der Waals surface area contributed by atoms with Gasteiger partial charge in [-0.1, -0.05) is 31.9 Å². The van der Waals surface area contributed by atoms with E-state index in [1.807, 2.05) is 12.1 Å². The molecule has 1 saturated heterocycles.